The standard InChI is InChI=1S/C10H11NO3/c1-14-7-10(13)11(8-12)9-5-3-2-4-6-9/h2-6,8H,7H2,1H3. The van der Waals surface area contributed by atoms with Crippen molar-refractivity contribution >= 4 is 18.0 Å². The minimum atomic E-state index is -0.381. The lowest BCUT2D eigenvalue weighted by Crippen LogP contribution is -2.32. The molecule has 2 amide bonds. The predicted molar refractivity (Wildman–Crippen MR) is 51.9 cm³/mol. The van der Waals surface area contributed by atoms with Crippen LogP contribution in [-0.2, 0) is 14.3 Å². The molecule has 0 aromatic heterocycles. The lowest BCUT2D eigenvalue weighted by Gasteiger charge is -2.14. The van der Waals surface area contributed by atoms with E-state index in [0.29, 0.717) is 12.1 Å². The molecule has 1 aromatic carbocycles. The highest BCUT2D eigenvalue weighted by molar-refractivity contribution is 6.07. The molecule has 0 aliphatic carbocycles. The van der Waals surface area contributed by atoms with Crippen LogP contribution in [0.3, 0.4) is 0 Å². The first-order chi connectivity index (χ1) is 6.79. The Morgan fingerprint density at radius 3 is 2.57 bits per heavy atom. The molecule has 14 heavy (non-hydrogen) atoms. The van der Waals surface area contributed by atoms with Gasteiger partial charge in [0.05, 0.1) is 5.69 Å². The third kappa shape index (κ3) is 2.40. The summed E-state index contributed by atoms with van der Waals surface area (Å²) in [4.78, 5) is 23.0. The summed E-state index contributed by atoms with van der Waals surface area (Å²) >= 11 is 0. The zero-order valence-corrected chi connectivity index (χ0v) is 7.84. The number of para-hydroxylation sites is 1. The summed E-state index contributed by atoms with van der Waals surface area (Å²) in [6.07, 6.45) is 0.483. The van der Waals surface area contributed by atoms with Crippen molar-refractivity contribution < 1.29 is 14.3 Å². The highest BCUT2D eigenvalue weighted by Crippen LogP contribution is 2.11. The molecular formula is C10H11NO3. The molecule has 0 aliphatic heterocycles. The SMILES string of the molecule is COCC(=O)N(C=O)c1ccccc1. The first kappa shape index (κ1) is 10.4. The zero-order chi connectivity index (χ0) is 10.4. The van der Waals surface area contributed by atoms with Crippen molar-refractivity contribution in [1.82, 2.24) is 0 Å². The minimum Gasteiger partial charge on any atom is -0.375 e. The summed E-state index contributed by atoms with van der Waals surface area (Å²) in [5.41, 5.74) is 0.546. The molecule has 0 saturated carbocycles. The third-order valence-electron chi connectivity index (χ3n) is 1.68. The van der Waals surface area contributed by atoms with E-state index in [4.69, 9.17) is 0 Å². The molecule has 0 aliphatic rings. The maximum Gasteiger partial charge on any atom is 0.259 e. The lowest BCUT2D eigenvalue weighted by molar-refractivity contribution is -0.124. The van der Waals surface area contributed by atoms with Gasteiger partial charge in [0.25, 0.3) is 5.91 Å². The van der Waals surface area contributed by atoms with Crippen molar-refractivity contribution in [2.45, 2.75) is 0 Å². The second-order valence-electron chi connectivity index (χ2n) is 2.64. The number of carbonyl (C=O) groups excluding carboxylic acids is 2. The van der Waals surface area contributed by atoms with Gasteiger partial charge in [0.2, 0.25) is 6.41 Å². The van der Waals surface area contributed by atoms with Crippen LogP contribution in [0, 0.1) is 0 Å². The van der Waals surface area contributed by atoms with Gasteiger partial charge in [-0.15, -0.1) is 0 Å². The molecular weight excluding hydrogens is 182 g/mol. The molecule has 0 N–H and O–H groups in total. The number of imide groups is 1. The van der Waals surface area contributed by atoms with Gasteiger partial charge in [-0.3, -0.25) is 14.5 Å². The van der Waals surface area contributed by atoms with E-state index < -0.39 is 0 Å². The van der Waals surface area contributed by atoms with Gasteiger partial charge in [-0.25, -0.2) is 0 Å². The van der Waals surface area contributed by atoms with E-state index in [9.17, 15) is 9.59 Å². The van der Waals surface area contributed by atoms with Gasteiger partial charge >= 0.3 is 0 Å². The fourth-order valence-electron chi connectivity index (χ4n) is 1.05. The van der Waals surface area contributed by atoms with Crippen LogP contribution in [-0.4, -0.2) is 26.0 Å². The Hall–Kier alpha value is -1.68. The van der Waals surface area contributed by atoms with Gasteiger partial charge in [-0.05, 0) is 12.1 Å². The Balaban J connectivity index is 2.82. The van der Waals surface area contributed by atoms with Crippen LogP contribution in [0.1, 0.15) is 0 Å². The molecule has 74 valence electrons. The smallest absolute Gasteiger partial charge is 0.259 e. The van der Waals surface area contributed by atoms with Crippen LogP contribution >= 0.6 is 0 Å². The summed E-state index contributed by atoms with van der Waals surface area (Å²) in [7, 11) is 1.41. The van der Waals surface area contributed by atoms with Crippen molar-refractivity contribution in [3.05, 3.63) is 30.3 Å². The number of ether oxygens (including phenoxy) is 1. The van der Waals surface area contributed by atoms with E-state index in [0.717, 1.165) is 4.90 Å². The Labute approximate surface area is 82.1 Å². The van der Waals surface area contributed by atoms with Crippen molar-refractivity contribution in [3.63, 3.8) is 0 Å². The van der Waals surface area contributed by atoms with Crippen molar-refractivity contribution in [2.75, 3.05) is 18.6 Å². The van der Waals surface area contributed by atoms with Gasteiger partial charge in [0.1, 0.15) is 6.61 Å². The second-order valence-corrected chi connectivity index (χ2v) is 2.64. The zero-order valence-electron chi connectivity index (χ0n) is 7.84. The predicted octanol–water partition coefficient (Wildman–Crippen LogP) is 0.822. The molecule has 0 radical (unpaired) electrons. The first-order valence-electron chi connectivity index (χ1n) is 4.11. The van der Waals surface area contributed by atoms with E-state index in [1.807, 2.05) is 6.07 Å². The van der Waals surface area contributed by atoms with E-state index in [2.05, 4.69) is 4.74 Å². The first-order valence-corrected chi connectivity index (χ1v) is 4.11. The Bertz CT molecular complexity index is 310. The Morgan fingerprint density at radius 2 is 2.07 bits per heavy atom. The van der Waals surface area contributed by atoms with Gasteiger partial charge in [-0.2, -0.15) is 0 Å². The molecule has 0 bridgehead atoms. The van der Waals surface area contributed by atoms with Gasteiger partial charge < -0.3 is 4.74 Å². The van der Waals surface area contributed by atoms with Gasteiger partial charge in [0.15, 0.2) is 0 Å². The summed E-state index contributed by atoms with van der Waals surface area (Å²) in [6.45, 7) is -0.104. The molecule has 4 nitrogen and oxygen atoms in total. The lowest BCUT2D eigenvalue weighted by atomic mass is 10.3. The quantitative estimate of drug-likeness (QED) is 0.665. The van der Waals surface area contributed by atoms with E-state index >= 15 is 0 Å². The highest BCUT2D eigenvalue weighted by atomic mass is 16.5. The van der Waals surface area contributed by atoms with Crippen molar-refractivity contribution in [3.8, 4) is 0 Å². The molecule has 0 saturated heterocycles. The van der Waals surface area contributed by atoms with Crippen molar-refractivity contribution in [2.24, 2.45) is 0 Å². The molecule has 1 rings (SSSR count). The number of carbonyl (C=O) groups is 2. The number of hydrogen-bond donors (Lipinski definition) is 0. The molecule has 1 aromatic rings. The van der Waals surface area contributed by atoms with Crippen LogP contribution in [0.4, 0.5) is 5.69 Å². The molecule has 4 heteroatoms. The van der Waals surface area contributed by atoms with E-state index in [1.165, 1.54) is 7.11 Å². The van der Waals surface area contributed by atoms with Gasteiger partial charge in [-0.1, -0.05) is 18.2 Å². The summed E-state index contributed by atoms with van der Waals surface area (Å²) in [5, 5.41) is 0. The molecule has 0 heterocycles. The topological polar surface area (TPSA) is 46.6 Å². The average molecular weight is 193 g/mol. The average Bonchev–Trinajstić information content (AvgIpc) is 2.21. The maximum absolute atomic E-state index is 11.3. The summed E-state index contributed by atoms with van der Waals surface area (Å²) in [6, 6.07) is 8.69. The fraction of sp³-hybridized carbons (Fsp3) is 0.200. The number of hydrogen-bond acceptors (Lipinski definition) is 3. The van der Waals surface area contributed by atoms with Crippen LogP contribution in [0.5, 0.6) is 0 Å². The number of benzene rings is 1. The number of methoxy groups -OCH3 is 1. The Kier molecular flexibility index (Phi) is 3.82. The maximum atomic E-state index is 11.3. The molecule has 0 spiro atoms. The normalized spacial score (nSPS) is 9.50. The Morgan fingerprint density at radius 1 is 1.43 bits per heavy atom. The number of rotatable bonds is 4. The van der Waals surface area contributed by atoms with Crippen LogP contribution in [0.25, 0.3) is 0 Å². The largest absolute Gasteiger partial charge is 0.375 e. The minimum absolute atomic E-state index is 0.104. The van der Waals surface area contributed by atoms with E-state index in [-0.39, 0.29) is 12.5 Å². The van der Waals surface area contributed by atoms with Gasteiger partial charge in [0, 0.05) is 7.11 Å². The second kappa shape index (κ2) is 5.14. The monoisotopic (exact) mass is 193 g/mol. The number of nitrogens with zero attached hydrogens (tertiary/aromatic N) is 1. The fourth-order valence-corrected chi connectivity index (χ4v) is 1.05. The van der Waals surface area contributed by atoms with Crippen LogP contribution in [0.2, 0.25) is 0 Å². The van der Waals surface area contributed by atoms with Crippen LogP contribution in [0.15, 0.2) is 30.3 Å². The number of anilines is 1. The summed E-state index contributed by atoms with van der Waals surface area (Å²) < 4.78 is 4.66. The van der Waals surface area contributed by atoms with Crippen LogP contribution < -0.4 is 4.90 Å². The molecule has 0 atom stereocenters. The van der Waals surface area contributed by atoms with E-state index in [1.54, 1.807) is 24.3 Å². The molecule has 0 fully saturated rings. The van der Waals surface area contributed by atoms with Crippen molar-refractivity contribution in [1.29, 1.82) is 0 Å². The number of amides is 2. The third-order valence-corrected chi connectivity index (χ3v) is 1.68. The highest BCUT2D eigenvalue weighted by Gasteiger charge is 2.13. The molecule has 0 unspecified atom stereocenters. The summed E-state index contributed by atoms with van der Waals surface area (Å²) in [5.74, 6) is -0.381.